The molecule has 0 aliphatic heterocycles. The topological polar surface area (TPSA) is 107 Å². The molecule has 1 N–H and O–H groups in total. The third kappa shape index (κ3) is 4.64. The van der Waals surface area contributed by atoms with Crippen LogP contribution >= 0.6 is 0 Å². The number of carboxylic acid groups (broad SMARTS) is 1. The molecule has 0 bridgehead atoms. The minimum Gasteiger partial charge on any atom is -0.481 e. The van der Waals surface area contributed by atoms with E-state index >= 15 is 0 Å². The van der Waals surface area contributed by atoms with E-state index in [1.54, 1.807) is 0 Å². The molecule has 0 aromatic heterocycles. The minimum absolute atomic E-state index is 0.0690. The first-order valence-electron chi connectivity index (χ1n) is 13.5. The Balaban J connectivity index is 1.45. The summed E-state index contributed by atoms with van der Waals surface area (Å²) < 4.78 is 10.6. The second-order valence-corrected chi connectivity index (χ2v) is 12.3. The van der Waals surface area contributed by atoms with Gasteiger partial charge in [-0.05, 0) is 85.9 Å². The summed E-state index contributed by atoms with van der Waals surface area (Å²) in [6.07, 6.45) is 7.36. The normalized spacial score (nSPS) is 41.2. The fourth-order valence-corrected chi connectivity index (χ4v) is 8.92. The summed E-state index contributed by atoms with van der Waals surface area (Å²) in [5.74, 6) is 0.837. The molecular weight excluding hydrogens is 448 g/mol. The molecular formula is C28H42O7. The summed E-state index contributed by atoms with van der Waals surface area (Å²) in [7, 11) is 1.43. The molecule has 0 heterocycles. The largest absolute Gasteiger partial charge is 0.481 e. The van der Waals surface area contributed by atoms with Crippen LogP contribution in [-0.2, 0) is 28.7 Å². The average molecular weight is 491 g/mol. The van der Waals surface area contributed by atoms with Gasteiger partial charge in [0.1, 0.15) is 11.9 Å². The number of ketones is 1. The Morgan fingerprint density at radius 2 is 1.77 bits per heavy atom. The molecule has 4 aliphatic rings. The van der Waals surface area contributed by atoms with E-state index in [9.17, 15) is 19.2 Å². The van der Waals surface area contributed by atoms with E-state index in [0.29, 0.717) is 42.3 Å². The van der Waals surface area contributed by atoms with E-state index < -0.39 is 11.9 Å². The van der Waals surface area contributed by atoms with Crippen LogP contribution in [0.3, 0.4) is 0 Å². The van der Waals surface area contributed by atoms with Crippen molar-refractivity contribution < 1.29 is 33.8 Å². The highest BCUT2D eigenvalue weighted by molar-refractivity contribution is 5.87. The summed E-state index contributed by atoms with van der Waals surface area (Å²) >= 11 is 0. The van der Waals surface area contributed by atoms with Gasteiger partial charge in [-0.1, -0.05) is 20.8 Å². The van der Waals surface area contributed by atoms with Crippen molar-refractivity contribution in [2.45, 2.75) is 97.5 Å². The monoisotopic (exact) mass is 490 g/mol. The van der Waals surface area contributed by atoms with Crippen LogP contribution in [0.1, 0.15) is 91.4 Å². The van der Waals surface area contributed by atoms with Crippen LogP contribution in [0.15, 0.2) is 0 Å². The van der Waals surface area contributed by atoms with Crippen LogP contribution < -0.4 is 0 Å². The standard InChI is InChI=1S/C28H42O7/c1-16(13-26(33)34-4)20-7-8-21-19-6-5-17-14-18(35-25(32)10-9-24(30)31)11-12-27(17,2)22(19)15-23(29)28(20,21)3/h16-22H,5-15H2,1-4H3,(H,30,31)/t16-,17+,18-,19-,20+,21-,22-,27-,28+/m0/s1. The van der Waals surface area contributed by atoms with E-state index in [2.05, 4.69) is 20.8 Å². The molecule has 0 radical (unpaired) electrons. The zero-order chi connectivity index (χ0) is 25.5. The number of rotatable bonds is 7. The number of aliphatic carboxylic acids is 1. The molecule has 4 rings (SSSR count). The van der Waals surface area contributed by atoms with Crippen LogP contribution in [0.2, 0.25) is 0 Å². The smallest absolute Gasteiger partial charge is 0.306 e. The van der Waals surface area contributed by atoms with Crippen molar-refractivity contribution >= 4 is 23.7 Å². The van der Waals surface area contributed by atoms with Gasteiger partial charge >= 0.3 is 17.9 Å². The van der Waals surface area contributed by atoms with Gasteiger partial charge in [-0.3, -0.25) is 19.2 Å². The molecule has 0 spiro atoms. The number of fused-ring (bicyclic) bond motifs is 5. The van der Waals surface area contributed by atoms with Crippen molar-refractivity contribution in [2.75, 3.05) is 7.11 Å². The predicted octanol–water partition coefficient (Wildman–Crippen LogP) is 4.80. The van der Waals surface area contributed by atoms with Crippen LogP contribution in [0.25, 0.3) is 0 Å². The van der Waals surface area contributed by atoms with Gasteiger partial charge in [0.2, 0.25) is 0 Å². The number of Topliss-reactive ketones (excluding diaryl/α,β-unsaturated/α-hetero) is 1. The molecule has 0 aromatic rings. The number of carbonyl (C=O) groups excluding carboxylic acids is 3. The van der Waals surface area contributed by atoms with Gasteiger partial charge in [0, 0.05) is 18.3 Å². The average Bonchev–Trinajstić information content (AvgIpc) is 3.17. The quantitative estimate of drug-likeness (QED) is 0.511. The maximum atomic E-state index is 13.8. The second-order valence-electron chi connectivity index (χ2n) is 12.3. The Labute approximate surface area is 208 Å². The summed E-state index contributed by atoms with van der Waals surface area (Å²) in [4.78, 5) is 48.6. The predicted molar refractivity (Wildman–Crippen MR) is 128 cm³/mol. The molecule has 4 saturated carbocycles. The highest BCUT2D eigenvalue weighted by Gasteiger charge is 2.64. The summed E-state index contributed by atoms with van der Waals surface area (Å²) in [5, 5.41) is 8.81. The Bertz CT molecular complexity index is 867. The molecule has 35 heavy (non-hydrogen) atoms. The van der Waals surface area contributed by atoms with Crippen LogP contribution in [0, 0.1) is 46.3 Å². The van der Waals surface area contributed by atoms with Crippen molar-refractivity contribution in [2.24, 2.45) is 46.3 Å². The van der Waals surface area contributed by atoms with Crippen LogP contribution in [-0.4, -0.2) is 42.0 Å². The van der Waals surface area contributed by atoms with E-state index in [1.165, 1.54) is 7.11 Å². The van der Waals surface area contributed by atoms with E-state index in [4.69, 9.17) is 14.6 Å². The van der Waals surface area contributed by atoms with Gasteiger partial charge in [0.15, 0.2) is 0 Å². The molecule has 0 saturated heterocycles. The maximum absolute atomic E-state index is 13.8. The first kappa shape index (κ1) is 26.2. The fourth-order valence-electron chi connectivity index (χ4n) is 8.92. The van der Waals surface area contributed by atoms with Gasteiger partial charge < -0.3 is 14.6 Å². The molecule has 7 nitrogen and oxygen atoms in total. The summed E-state index contributed by atoms with van der Waals surface area (Å²) in [6.45, 7) is 6.65. The number of carbonyl (C=O) groups is 4. The van der Waals surface area contributed by atoms with Gasteiger partial charge in [-0.15, -0.1) is 0 Å². The molecule has 4 aliphatic carbocycles. The molecule has 9 atom stereocenters. The van der Waals surface area contributed by atoms with Gasteiger partial charge in [0.25, 0.3) is 0 Å². The van der Waals surface area contributed by atoms with Crippen molar-refractivity contribution in [3.8, 4) is 0 Å². The number of ether oxygens (including phenoxy) is 2. The molecule has 196 valence electrons. The van der Waals surface area contributed by atoms with Gasteiger partial charge in [-0.2, -0.15) is 0 Å². The molecule has 0 unspecified atom stereocenters. The number of hydrogen-bond donors (Lipinski definition) is 1. The SMILES string of the molecule is COC(=O)C[C@H](C)[C@H]1CC[C@H]2[C@@H]3CC[C@@H]4C[C@@H](OC(=O)CCC(=O)O)CC[C@]4(C)[C@H]3CC(=O)[C@]12C. The zero-order valence-electron chi connectivity index (χ0n) is 21.7. The minimum atomic E-state index is -0.987. The van der Waals surface area contributed by atoms with Crippen LogP contribution in [0.4, 0.5) is 0 Å². The van der Waals surface area contributed by atoms with E-state index in [0.717, 1.165) is 44.9 Å². The van der Waals surface area contributed by atoms with E-state index in [-0.39, 0.29) is 47.6 Å². The maximum Gasteiger partial charge on any atom is 0.306 e. The zero-order valence-corrected chi connectivity index (χ0v) is 21.7. The Morgan fingerprint density at radius 3 is 2.46 bits per heavy atom. The lowest BCUT2D eigenvalue weighted by Crippen LogP contribution is -2.57. The highest BCUT2D eigenvalue weighted by Crippen LogP contribution is 2.67. The molecule has 4 fully saturated rings. The Hall–Kier alpha value is -1.92. The van der Waals surface area contributed by atoms with Crippen molar-refractivity contribution in [3.05, 3.63) is 0 Å². The van der Waals surface area contributed by atoms with Crippen molar-refractivity contribution in [3.63, 3.8) is 0 Å². The number of methoxy groups -OCH3 is 1. The summed E-state index contributed by atoms with van der Waals surface area (Å²) in [6, 6.07) is 0. The van der Waals surface area contributed by atoms with Crippen LogP contribution in [0.5, 0.6) is 0 Å². The number of esters is 2. The molecule has 0 aromatic carbocycles. The summed E-state index contributed by atoms with van der Waals surface area (Å²) in [5.41, 5.74) is -0.283. The molecule has 0 amide bonds. The highest BCUT2D eigenvalue weighted by atomic mass is 16.5. The van der Waals surface area contributed by atoms with Crippen molar-refractivity contribution in [1.29, 1.82) is 0 Å². The van der Waals surface area contributed by atoms with Gasteiger partial charge in [-0.25, -0.2) is 0 Å². The third-order valence-corrected chi connectivity index (χ3v) is 10.8. The first-order valence-corrected chi connectivity index (χ1v) is 13.5. The first-order chi connectivity index (χ1) is 16.5. The van der Waals surface area contributed by atoms with Gasteiger partial charge in [0.05, 0.1) is 20.0 Å². The lowest BCUT2D eigenvalue weighted by atomic mass is 9.44. The van der Waals surface area contributed by atoms with Crippen molar-refractivity contribution in [1.82, 2.24) is 0 Å². The van der Waals surface area contributed by atoms with E-state index in [1.807, 2.05) is 0 Å². The third-order valence-electron chi connectivity index (χ3n) is 10.8. The fraction of sp³-hybridized carbons (Fsp3) is 0.857. The Kier molecular flexibility index (Phi) is 7.36. The molecule has 7 heteroatoms. The number of hydrogen-bond acceptors (Lipinski definition) is 6. The Morgan fingerprint density at radius 1 is 1.03 bits per heavy atom. The second kappa shape index (κ2) is 9.85. The lowest BCUT2D eigenvalue weighted by Gasteiger charge is -2.60. The lowest BCUT2D eigenvalue weighted by molar-refractivity contribution is -0.169. The number of carboxylic acids is 1.